The van der Waals surface area contributed by atoms with Crippen molar-refractivity contribution in [3.05, 3.63) is 28.5 Å². The summed E-state index contributed by atoms with van der Waals surface area (Å²) in [6.45, 7) is 4.62. The lowest BCUT2D eigenvalue weighted by molar-refractivity contribution is 0.147. The van der Waals surface area contributed by atoms with Crippen molar-refractivity contribution in [2.45, 2.75) is 13.0 Å². The normalized spacial score (nSPS) is 16.4. The van der Waals surface area contributed by atoms with E-state index < -0.39 is 18.5 Å². The molecule has 0 bridgehead atoms. The van der Waals surface area contributed by atoms with Gasteiger partial charge in [0.05, 0.1) is 17.7 Å². The summed E-state index contributed by atoms with van der Waals surface area (Å²) in [6, 6.07) is 2.46. The van der Waals surface area contributed by atoms with E-state index in [2.05, 4.69) is 5.32 Å². The van der Waals surface area contributed by atoms with Crippen molar-refractivity contribution in [2.24, 2.45) is 0 Å². The van der Waals surface area contributed by atoms with E-state index in [0.717, 1.165) is 26.2 Å². The fourth-order valence-corrected chi connectivity index (χ4v) is 2.72. The summed E-state index contributed by atoms with van der Waals surface area (Å²) >= 11 is 6.04. The third kappa shape index (κ3) is 5.10. The fourth-order valence-electron chi connectivity index (χ4n) is 2.45. The van der Waals surface area contributed by atoms with Crippen molar-refractivity contribution in [3.63, 3.8) is 0 Å². The first-order valence-electron chi connectivity index (χ1n) is 6.79. The van der Waals surface area contributed by atoms with E-state index in [1.807, 2.05) is 4.90 Å². The zero-order valence-corrected chi connectivity index (χ0v) is 14.7. The standard InChI is InChI=1S/C14H19ClF2N2O.2ClH/c1-2-20-14-11(15)7-10(8-12(14)17)13(9-16)19-5-3-18-4-6-19;;/h7-8,13,18H,2-6,9H2,1H3;2*1H/t13-;;/m0../s1. The highest BCUT2D eigenvalue weighted by Crippen LogP contribution is 2.33. The van der Waals surface area contributed by atoms with E-state index in [0.29, 0.717) is 12.2 Å². The van der Waals surface area contributed by atoms with Crippen LogP contribution in [-0.2, 0) is 0 Å². The number of nitrogens with one attached hydrogen (secondary N) is 1. The molecule has 0 radical (unpaired) electrons. The summed E-state index contributed by atoms with van der Waals surface area (Å²) in [5.41, 5.74) is 0.556. The lowest BCUT2D eigenvalue weighted by Gasteiger charge is -2.33. The fraction of sp³-hybridized carbons (Fsp3) is 0.571. The molecule has 0 spiro atoms. The molecule has 1 aromatic carbocycles. The van der Waals surface area contributed by atoms with Crippen molar-refractivity contribution >= 4 is 36.4 Å². The molecule has 0 unspecified atom stereocenters. The van der Waals surface area contributed by atoms with Crippen LogP contribution in [0.2, 0.25) is 5.02 Å². The number of hydrogen-bond donors (Lipinski definition) is 1. The van der Waals surface area contributed by atoms with Gasteiger partial charge in [-0.1, -0.05) is 11.6 Å². The van der Waals surface area contributed by atoms with Gasteiger partial charge in [-0.15, -0.1) is 24.8 Å². The second kappa shape index (κ2) is 10.4. The number of piperazine rings is 1. The van der Waals surface area contributed by atoms with Gasteiger partial charge in [0.15, 0.2) is 11.6 Å². The van der Waals surface area contributed by atoms with Gasteiger partial charge >= 0.3 is 0 Å². The Balaban J connectivity index is 0.00000220. The van der Waals surface area contributed by atoms with Crippen LogP contribution in [0, 0.1) is 5.82 Å². The number of benzene rings is 1. The van der Waals surface area contributed by atoms with Crippen LogP contribution >= 0.6 is 36.4 Å². The molecule has 1 aliphatic heterocycles. The Kier molecular flexibility index (Phi) is 10.3. The molecule has 2 rings (SSSR count). The number of alkyl halides is 1. The van der Waals surface area contributed by atoms with Crippen LogP contribution in [0.5, 0.6) is 5.75 Å². The summed E-state index contributed by atoms with van der Waals surface area (Å²) in [4.78, 5) is 2.00. The summed E-state index contributed by atoms with van der Waals surface area (Å²) < 4.78 is 32.5. The molecular weight excluding hydrogens is 357 g/mol. The molecule has 128 valence electrons. The maximum atomic E-state index is 14.0. The maximum absolute atomic E-state index is 14.0. The largest absolute Gasteiger partial charge is 0.489 e. The minimum Gasteiger partial charge on any atom is -0.489 e. The van der Waals surface area contributed by atoms with Gasteiger partial charge in [0.25, 0.3) is 0 Å². The SMILES string of the molecule is CCOc1c(F)cc([C@H](CF)N2CCNCC2)cc1Cl.Cl.Cl. The van der Waals surface area contributed by atoms with Crippen LogP contribution in [0.4, 0.5) is 8.78 Å². The number of ether oxygens (including phenoxy) is 1. The highest BCUT2D eigenvalue weighted by Gasteiger charge is 2.24. The molecule has 1 aromatic rings. The molecule has 0 aromatic heterocycles. The molecule has 0 amide bonds. The van der Waals surface area contributed by atoms with Crippen LogP contribution < -0.4 is 10.1 Å². The molecule has 0 saturated carbocycles. The number of rotatable bonds is 5. The molecule has 3 nitrogen and oxygen atoms in total. The Morgan fingerprint density at radius 2 is 1.95 bits per heavy atom. The summed E-state index contributed by atoms with van der Waals surface area (Å²) in [6.07, 6.45) is 0. The Morgan fingerprint density at radius 3 is 2.45 bits per heavy atom. The molecule has 1 N–H and O–H groups in total. The molecule has 1 saturated heterocycles. The van der Waals surface area contributed by atoms with Crippen molar-refractivity contribution < 1.29 is 13.5 Å². The van der Waals surface area contributed by atoms with Crippen molar-refractivity contribution in [3.8, 4) is 5.75 Å². The number of hydrogen-bond acceptors (Lipinski definition) is 3. The first-order chi connectivity index (χ1) is 9.67. The van der Waals surface area contributed by atoms with Gasteiger partial charge in [-0.2, -0.15) is 0 Å². The molecule has 1 aliphatic rings. The minimum absolute atomic E-state index is 0. The molecule has 8 heteroatoms. The second-order valence-electron chi connectivity index (χ2n) is 4.70. The number of halogens is 5. The number of nitrogens with zero attached hydrogens (tertiary/aromatic N) is 1. The third-order valence-electron chi connectivity index (χ3n) is 3.43. The minimum atomic E-state index is -0.566. The third-order valence-corrected chi connectivity index (χ3v) is 3.71. The summed E-state index contributed by atoms with van der Waals surface area (Å²) in [5.74, 6) is -0.501. The molecular formula is C14H21Cl3F2N2O. The topological polar surface area (TPSA) is 24.5 Å². The van der Waals surface area contributed by atoms with Gasteiger partial charge in [0.2, 0.25) is 0 Å². The Labute approximate surface area is 147 Å². The van der Waals surface area contributed by atoms with E-state index in [9.17, 15) is 8.78 Å². The average Bonchev–Trinajstić information content (AvgIpc) is 2.45. The van der Waals surface area contributed by atoms with Gasteiger partial charge in [0, 0.05) is 26.2 Å². The first kappa shape index (κ1) is 21.7. The Morgan fingerprint density at radius 1 is 1.32 bits per heavy atom. The highest BCUT2D eigenvalue weighted by molar-refractivity contribution is 6.32. The average molecular weight is 378 g/mol. The zero-order valence-electron chi connectivity index (χ0n) is 12.3. The summed E-state index contributed by atoms with van der Waals surface area (Å²) in [7, 11) is 0. The zero-order chi connectivity index (χ0) is 14.5. The van der Waals surface area contributed by atoms with Gasteiger partial charge in [0.1, 0.15) is 6.67 Å². The van der Waals surface area contributed by atoms with Gasteiger partial charge in [-0.25, -0.2) is 8.78 Å². The lowest BCUT2D eigenvalue weighted by atomic mass is 10.0. The quantitative estimate of drug-likeness (QED) is 0.848. The van der Waals surface area contributed by atoms with Crippen molar-refractivity contribution in [1.29, 1.82) is 0 Å². The Bertz CT molecular complexity index is 437. The van der Waals surface area contributed by atoms with Crippen LogP contribution in [-0.4, -0.2) is 44.4 Å². The van der Waals surface area contributed by atoms with E-state index in [1.165, 1.54) is 6.07 Å². The van der Waals surface area contributed by atoms with E-state index in [-0.39, 0.29) is 35.6 Å². The predicted octanol–water partition coefficient (Wildman–Crippen LogP) is 3.64. The smallest absolute Gasteiger partial charge is 0.173 e. The van der Waals surface area contributed by atoms with Gasteiger partial charge < -0.3 is 10.1 Å². The maximum Gasteiger partial charge on any atom is 0.173 e. The molecule has 0 aliphatic carbocycles. The van der Waals surface area contributed by atoms with Gasteiger partial charge in [-0.05, 0) is 24.6 Å². The monoisotopic (exact) mass is 376 g/mol. The molecule has 22 heavy (non-hydrogen) atoms. The van der Waals surface area contributed by atoms with Crippen LogP contribution in [0.25, 0.3) is 0 Å². The van der Waals surface area contributed by atoms with Crippen molar-refractivity contribution in [2.75, 3.05) is 39.5 Å². The highest BCUT2D eigenvalue weighted by atomic mass is 35.5. The van der Waals surface area contributed by atoms with E-state index in [4.69, 9.17) is 16.3 Å². The van der Waals surface area contributed by atoms with Crippen LogP contribution in [0.3, 0.4) is 0 Å². The van der Waals surface area contributed by atoms with E-state index in [1.54, 1.807) is 13.0 Å². The van der Waals surface area contributed by atoms with Crippen molar-refractivity contribution in [1.82, 2.24) is 10.2 Å². The van der Waals surface area contributed by atoms with Crippen LogP contribution in [0.15, 0.2) is 12.1 Å². The van der Waals surface area contributed by atoms with E-state index >= 15 is 0 Å². The molecule has 1 heterocycles. The molecule has 1 fully saturated rings. The predicted molar refractivity (Wildman–Crippen MR) is 90.2 cm³/mol. The lowest BCUT2D eigenvalue weighted by Crippen LogP contribution is -2.45. The molecule has 1 atom stereocenters. The second-order valence-corrected chi connectivity index (χ2v) is 5.11. The Hall–Kier alpha value is -0.330. The first-order valence-corrected chi connectivity index (χ1v) is 7.17. The van der Waals surface area contributed by atoms with Gasteiger partial charge in [-0.3, -0.25) is 4.90 Å². The van der Waals surface area contributed by atoms with Crippen LogP contribution in [0.1, 0.15) is 18.5 Å². The summed E-state index contributed by atoms with van der Waals surface area (Å²) in [5, 5.41) is 3.40.